The average Bonchev–Trinajstić information content (AvgIpc) is 1.60. The summed E-state index contributed by atoms with van der Waals surface area (Å²) in [4.78, 5) is 78.2. The molecule has 0 atom stereocenters. The molecule has 0 saturated heterocycles. The van der Waals surface area contributed by atoms with E-state index in [9.17, 15) is 0 Å². The molecule has 0 fully saturated rings. The maximum absolute atomic E-state index is 5.40. The van der Waals surface area contributed by atoms with Gasteiger partial charge in [0, 0.05) is 136 Å². The van der Waals surface area contributed by atoms with Gasteiger partial charge in [-0.05, 0) is 154 Å². The Kier molecular flexibility index (Phi) is 18.1. The number of fused-ring (bicyclic) bond motifs is 21. The summed E-state index contributed by atoms with van der Waals surface area (Å²) in [5, 5.41) is 12.5. The lowest BCUT2D eigenvalue weighted by atomic mass is 9.81. The summed E-state index contributed by atoms with van der Waals surface area (Å²) in [5.41, 5.74) is 30.9. The van der Waals surface area contributed by atoms with Crippen LogP contribution in [0.1, 0.15) is 25.0 Å². The molecule has 25 aromatic rings. The van der Waals surface area contributed by atoms with E-state index in [1.165, 1.54) is 22.3 Å². The summed E-state index contributed by atoms with van der Waals surface area (Å²) in [6, 6.07) is 116. The van der Waals surface area contributed by atoms with Crippen LogP contribution in [0.4, 0.5) is 0 Å². The summed E-state index contributed by atoms with van der Waals surface area (Å²) in [7, 11) is 0. The first-order chi connectivity index (χ1) is 63.6. The van der Waals surface area contributed by atoms with Crippen molar-refractivity contribution in [2.45, 2.75) is 19.3 Å². The van der Waals surface area contributed by atoms with Crippen LogP contribution in [0.25, 0.3) is 244 Å². The molecule has 0 unspecified atom stereocenters. The molecule has 1 aliphatic rings. The van der Waals surface area contributed by atoms with Crippen molar-refractivity contribution in [3.05, 3.63) is 400 Å². The van der Waals surface area contributed by atoms with Gasteiger partial charge in [-0.2, -0.15) is 0 Å². The summed E-state index contributed by atoms with van der Waals surface area (Å²) in [6.07, 6.45) is 14.6. The second kappa shape index (κ2) is 31.1. The molecule has 26 rings (SSSR count). The van der Waals surface area contributed by atoms with E-state index in [4.69, 9.17) is 59.8 Å². The molecular formula is C113H70N16. The van der Waals surface area contributed by atoms with E-state index in [2.05, 4.69) is 258 Å². The van der Waals surface area contributed by atoms with Crippen LogP contribution >= 0.6 is 0 Å². The third kappa shape index (κ3) is 13.5. The van der Waals surface area contributed by atoms with E-state index in [0.29, 0.717) is 5.82 Å². The molecule has 16 nitrogen and oxygen atoms in total. The van der Waals surface area contributed by atoms with Crippen LogP contribution in [0, 0.1) is 0 Å². The van der Waals surface area contributed by atoms with Crippen molar-refractivity contribution in [2.24, 2.45) is 0 Å². The summed E-state index contributed by atoms with van der Waals surface area (Å²) in [6.45, 7) is 4.65. The van der Waals surface area contributed by atoms with Gasteiger partial charge in [-0.3, -0.25) is 39.9 Å². The Hall–Kier alpha value is -17.5. The molecule has 0 radical (unpaired) electrons. The quantitative estimate of drug-likeness (QED) is 0.123. The van der Waals surface area contributed by atoms with Gasteiger partial charge >= 0.3 is 0 Å². The SMILES string of the molecule is CC1(C)c2ccccc2-c2ccc(-c3cc(-c4ccnc5c4ccc4cccnc45)nc(-c4ccnc5c4ccc4cccnc45)c3)cc21.c1ccc(-c2cc(-c3ccc4ccc5cccnc5c4n3)nc(-c3ccc4ccc5cccnc5c4n3)c2)cc1.c1ccc(-c2nc(-c3ccc4ccc5cccnc5c4n3)cc(-c3ccc4ccc5cccnc5c4n3)n2)cc1. The Morgan fingerprint density at radius 2 is 0.473 bits per heavy atom. The van der Waals surface area contributed by atoms with Crippen molar-refractivity contribution in [1.82, 2.24) is 79.7 Å². The Labute approximate surface area is 738 Å². The van der Waals surface area contributed by atoms with Gasteiger partial charge in [-0.1, -0.05) is 244 Å². The molecule has 602 valence electrons. The van der Waals surface area contributed by atoms with Crippen molar-refractivity contribution in [3.63, 3.8) is 0 Å². The maximum Gasteiger partial charge on any atom is 0.160 e. The van der Waals surface area contributed by atoms with Crippen molar-refractivity contribution >= 4 is 131 Å². The lowest BCUT2D eigenvalue weighted by molar-refractivity contribution is 0.660. The normalized spacial score (nSPS) is 12.2. The van der Waals surface area contributed by atoms with Gasteiger partial charge in [0.25, 0.3) is 0 Å². The number of rotatable bonds is 9. The fraction of sp³-hybridized carbons (Fsp3) is 0.0265. The van der Waals surface area contributed by atoms with Gasteiger partial charge in [0.15, 0.2) is 5.82 Å². The first-order valence-corrected chi connectivity index (χ1v) is 42.8. The fourth-order valence-corrected chi connectivity index (χ4v) is 18.3. The monoisotopic (exact) mass is 1650 g/mol. The third-order valence-corrected chi connectivity index (χ3v) is 24.7. The largest absolute Gasteiger partial charge is 0.254 e. The summed E-state index contributed by atoms with van der Waals surface area (Å²) in [5.74, 6) is 0.615. The Balaban J connectivity index is 0.000000108. The average molecular weight is 1650 g/mol. The zero-order valence-electron chi connectivity index (χ0n) is 69.6. The molecule has 15 heterocycles. The Morgan fingerprint density at radius 1 is 0.163 bits per heavy atom. The van der Waals surface area contributed by atoms with E-state index >= 15 is 0 Å². The number of nitrogens with zero attached hydrogens (tertiary/aromatic N) is 16. The highest BCUT2D eigenvalue weighted by atomic mass is 14.9. The Morgan fingerprint density at radius 3 is 0.884 bits per heavy atom. The predicted molar refractivity (Wildman–Crippen MR) is 521 cm³/mol. The fourth-order valence-electron chi connectivity index (χ4n) is 18.3. The van der Waals surface area contributed by atoms with Gasteiger partial charge in [-0.25, -0.2) is 39.9 Å². The highest BCUT2D eigenvalue weighted by Crippen LogP contribution is 2.51. The minimum absolute atomic E-state index is 0.106. The number of hydrogen-bond acceptors (Lipinski definition) is 16. The molecule has 129 heavy (non-hydrogen) atoms. The van der Waals surface area contributed by atoms with Crippen molar-refractivity contribution in [2.75, 3.05) is 0 Å². The molecule has 0 saturated carbocycles. The molecule has 0 spiro atoms. The first kappa shape index (κ1) is 75.3. The van der Waals surface area contributed by atoms with Gasteiger partial charge in [0.1, 0.15) is 0 Å². The van der Waals surface area contributed by atoms with E-state index in [0.717, 1.165) is 227 Å². The lowest BCUT2D eigenvalue weighted by Crippen LogP contribution is -2.14. The van der Waals surface area contributed by atoms with Crippen LogP contribution in [0.2, 0.25) is 0 Å². The molecule has 10 aromatic carbocycles. The van der Waals surface area contributed by atoms with Crippen LogP contribution in [0.3, 0.4) is 0 Å². The maximum atomic E-state index is 5.40. The second-order valence-corrected chi connectivity index (χ2v) is 32.8. The van der Waals surface area contributed by atoms with Crippen LogP contribution in [0.5, 0.6) is 0 Å². The smallest absolute Gasteiger partial charge is 0.160 e. The predicted octanol–water partition coefficient (Wildman–Crippen LogP) is 26.5. The van der Waals surface area contributed by atoms with E-state index in [1.54, 1.807) is 12.4 Å². The molecule has 0 aliphatic heterocycles. The van der Waals surface area contributed by atoms with Crippen LogP contribution < -0.4 is 0 Å². The van der Waals surface area contributed by atoms with Gasteiger partial charge in [0.05, 0.1) is 123 Å². The van der Waals surface area contributed by atoms with Crippen molar-refractivity contribution in [3.8, 4) is 113 Å². The lowest BCUT2D eigenvalue weighted by Gasteiger charge is -2.22. The van der Waals surface area contributed by atoms with Crippen LogP contribution in [-0.4, -0.2) is 79.7 Å². The molecule has 16 heteroatoms. The highest BCUT2D eigenvalue weighted by Gasteiger charge is 2.36. The van der Waals surface area contributed by atoms with E-state index < -0.39 is 0 Å². The summed E-state index contributed by atoms with van der Waals surface area (Å²) >= 11 is 0. The van der Waals surface area contributed by atoms with E-state index in [-0.39, 0.29) is 5.41 Å². The minimum Gasteiger partial charge on any atom is -0.254 e. The van der Waals surface area contributed by atoms with Gasteiger partial charge in [0.2, 0.25) is 0 Å². The van der Waals surface area contributed by atoms with Crippen LogP contribution in [-0.2, 0) is 5.41 Å². The van der Waals surface area contributed by atoms with E-state index in [1.807, 2.05) is 152 Å². The zero-order chi connectivity index (χ0) is 85.6. The standard InChI is InChI=1S/C44H29N5.C35H21N5.C34H20N6/c1-44(2)36-10-4-3-9-30(36)31-14-13-28(23-37(31)44)29-24-38(32-17-21-47-42-34(32)15-11-26-7-5-19-45-40(26)42)49-39(25-29)33-18-22-48-43-35(33)16-12-27-8-6-20-46-41(27)43;1-2-6-22(7-3-1)27-20-30(28-16-14-25-12-10-23-8-4-18-36-32(23)34(25)39-28)38-31(21-27)29-17-15-26-13-11-24-9-5-19-37-33(24)35(26)40-29;1-2-6-25(7-3-1)34-39-28(26-16-14-23-12-10-21-8-4-18-35-30(21)32(23)37-26)20-29(40-34)27-17-15-24-13-11-22-9-5-19-36-31(22)33(24)38-27/h3-25H,1-2H3;1-21H;1-20H. The molecule has 1 aliphatic carbocycles. The number of pyridine rings is 14. The minimum atomic E-state index is -0.106. The molecular weight excluding hydrogens is 1580 g/mol. The molecule has 0 amide bonds. The molecule has 0 N–H and O–H groups in total. The topological polar surface area (TPSA) is 206 Å². The molecule has 15 aromatic heterocycles. The number of benzene rings is 10. The highest BCUT2D eigenvalue weighted by molar-refractivity contribution is 6.12. The molecule has 0 bridgehead atoms. The van der Waals surface area contributed by atoms with Gasteiger partial charge in [-0.15, -0.1) is 0 Å². The zero-order valence-corrected chi connectivity index (χ0v) is 69.6. The second-order valence-electron chi connectivity index (χ2n) is 32.8. The van der Waals surface area contributed by atoms with Crippen molar-refractivity contribution < 1.29 is 0 Å². The summed E-state index contributed by atoms with van der Waals surface area (Å²) < 4.78 is 0. The number of hydrogen-bond donors (Lipinski definition) is 0. The third-order valence-electron chi connectivity index (χ3n) is 24.7. The van der Waals surface area contributed by atoms with Gasteiger partial charge < -0.3 is 0 Å². The number of aromatic nitrogens is 16. The van der Waals surface area contributed by atoms with Crippen LogP contribution in [0.15, 0.2) is 389 Å². The van der Waals surface area contributed by atoms with Crippen molar-refractivity contribution in [1.29, 1.82) is 0 Å². The Bertz CT molecular complexity index is 8170. The first-order valence-electron chi connectivity index (χ1n) is 42.8.